The number of halogens is 1. The fourth-order valence-corrected chi connectivity index (χ4v) is 3.07. The highest BCUT2D eigenvalue weighted by molar-refractivity contribution is 5.79. The Bertz CT molecular complexity index is 822. The third-order valence-corrected chi connectivity index (χ3v) is 4.19. The van der Waals surface area contributed by atoms with E-state index in [0.717, 1.165) is 35.5 Å². The van der Waals surface area contributed by atoms with Gasteiger partial charge in [0.1, 0.15) is 5.82 Å². The quantitative estimate of drug-likeness (QED) is 0.733. The standard InChI is InChI=1S/C17H16FN3/c1-11-6-7-12(10-13(11)18)15-8-9-19-17-20-14-4-2-3-5-16(14)21(15)17/h2-7,10,15H,8-9H2,1H3,(H,19,20). The number of hydrogen-bond donors (Lipinski definition) is 1. The predicted octanol–water partition coefficient (Wildman–Crippen LogP) is 3.89. The first-order valence-electron chi connectivity index (χ1n) is 7.21. The zero-order valence-corrected chi connectivity index (χ0v) is 11.8. The van der Waals surface area contributed by atoms with Crippen LogP contribution in [0.2, 0.25) is 0 Å². The van der Waals surface area contributed by atoms with Crippen molar-refractivity contribution >= 4 is 17.0 Å². The maximum atomic E-state index is 13.9. The molecule has 4 rings (SSSR count). The van der Waals surface area contributed by atoms with Gasteiger partial charge in [0.25, 0.3) is 0 Å². The second kappa shape index (κ2) is 4.58. The Morgan fingerprint density at radius 2 is 2.10 bits per heavy atom. The van der Waals surface area contributed by atoms with Crippen LogP contribution in [0.4, 0.5) is 10.3 Å². The molecule has 0 spiro atoms. The molecule has 1 aliphatic rings. The Hall–Kier alpha value is -2.36. The van der Waals surface area contributed by atoms with Gasteiger partial charge in [-0.05, 0) is 42.7 Å². The molecule has 0 bridgehead atoms. The third-order valence-electron chi connectivity index (χ3n) is 4.19. The van der Waals surface area contributed by atoms with Crippen molar-refractivity contribution < 1.29 is 4.39 Å². The molecule has 2 heterocycles. The summed E-state index contributed by atoms with van der Waals surface area (Å²) in [6.07, 6.45) is 0.926. The van der Waals surface area contributed by atoms with E-state index in [0.29, 0.717) is 5.56 Å². The molecule has 0 aliphatic carbocycles. The molecule has 106 valence electrons. The molecule has 0 saturated carbocycles. The van der Waals surface area contributed by atoms with Crippen molar-refractivity contribution in [3.8, 4) is 0 Å². The van der Waals surface area contributed by atoms with Crippen LogP contribution >= 0.6 is 0 Å². The van der Waals surface area contributed by atoms with E-state index in [2.05, 4.69) is 20.9 Å². The Labute approximate surface area is 122 Å². The topological polar surface area (TPSA) is 29.9 Å². The summed E-state index contributed by atoms with van der Waals surface area (Å²) in [6, 6.07) is 13.7. The number of para-hydroxylation sites is 2. The van der Waals surface area contributed by atoms with Gasteiger partial charge in [0.05, 0.1) is 17.1 Å². The highest BCUT2D eigenvalue weighted by atomic mass is 19.1. The largest absolute Gasteiger partial charge is 0.356 e. The molecule has 4 heteroatoms. The fourth-order valence-electron chi connectivity index (χ4n) is 3.07. The molecular weight excluding hydrogens is 265 g/mol. The lowest BCUT2D eigenvalue weighted by Crippen LogP contribution is -2.23. The minimum absolute atomic E-state index is 0.128. The fraction of sp³-hybridized carbons (Fsp3) is 0.235. The monoisotopic (exact) mass is 281 g/mol. The first kappa shape index (κ1) is 12.4. The van der Waals surface area contributed by atoms with Crippen LogP contribution < -0.4 is 5.32 Å². The van der Waals surface area contributed by atoms with Crippen molar-refractivity contribution in [3.63, 3.8) is 0 Å². The number of nitrogens with zero attached hydrogens (tertiary/aromatic N) is 2. The minimum Gasteiger partial charge on any atom is -0.356 e. The molecule has 3 aromatic rings. The molecular formula is C17H16FN3. The van der Waals surface area contributed by atoms with Gasteiger partial charge in [0, 0.05) is 6.54 Å². The first-order valence-corrected chi connectivity index (χ1v) is 7.21. The van der Waals surface area contributed by atoms with Crippen molar-refractivity contribution in [2.45, 2.75) is 19.4 Å². The molecule has 3 nitrogen and oxygen atoms in total. The summed E-state index contributed by atoms with van der Waals surface area (Å²) >= 11 is 0. The molecule has 1 N–H and O–H groups in total. The summed E-state index contributed by atoms with van der Waals surface area (Å²) < 4.78 is 16.1. The van der Waals surface area contributed by atoms with Crippen molar-refractivity contribution in [1.29, 1.82) is 0 Å². The van der Waals surface area contributed by atoms with E-state index in [1.54, 1.807) is 13.0 Å². The number of hydrogen-bond acceptors (Lipinski definition) is 2. The van der Waals surface area contributed by atoms with Gasteiger partial charge in [-0.1, -0.05) is 24.3 Å². The van der Waals surface area contributed by atoms with Gasteiger partial charge >= 0.3 is 0 Å². The molecule has 1 aliphatic heterocycles. The molecule has 1 atom stereocenters. The number of imidazole rings is 1. The van der Waals surface area contributed by atoms with Gasteiger partial charge in [-0.15, -0.1) is 0 Å². The highest BCUT2D eigenvalue weighted by Crippen LogP contribution is 2.34. The summed E-state index contributed by atoms with van der Waals surface area (Å²) in [4.78, 5) is 4.63. The highest BCUT2D eigenvalue weighted by Gasteiger charge is 2.24. The normalized spacial score (nSPS) is 17.5. The molecule has 0 radical (unpaired) electrons. The van der Waals surface area contributed by atoms with E-state index in [1.165, 1.54) is 0 Å². The van der Waals surface area contributed by atoms with E-state index in [1.807, 2.05) is 30.3 Å². The van der Waals surface area contributed by atoms with Crippen molar-refractivity contribution in [2.75, 3.05) is 11.9 Å². The van der Waals surface area contributed by atoms with Crippen LogP contribution in [0.15, 0.2) is 42.5 Å². The van der Waals surface area contributed by atoms with E-state index in [-0.39, 0.29) is 11.9 Å². The van der Waals surface area contributed by atoms with Crippen LogP contribution in [-0.4, -0.2) is 16.1 Å². The van der Waals surface area contributed by atoms with E-state index >= 15 is 0 Å². The Morgan fingerprint density at radius 1 is 1.24 bits per heavy atom. The Balaban J connectivity index is 1.91. The van der Waals surface area contributed by atoms with Crippen LogP contribution in [0.5, 0.6) is 0 Å². The molecule has 2 aromatic carbocycles. The van der Waals surface area contributed by atoms with Gasteiger partial charge in [-0.2, -0.15) is 0 Å². The van der Waals surface area contributed by atoms with E-state index < -0.39 is 0 Å². The lowest BCUT2D eigenvalue weighted by atomic mass is 10.0. The number of fused-ring (bicyclic) bond motifs is 3. The number of rotatable bonds is 1. The lowest BCUT2D eigenvalue weighted by molar-refractivity contribution is 0.536. The third kappa shape index (κ3) is 1.90. The summed E-state index contributed by atoms with van der Waals surface area (Å²) in [5, 5.41) is 3.34. The summed E-state index contributed by atoms with van der Waals surface area (Å²) in [5.41, 5.74) is 3.75. The smallest absolute Gasteiger partial charge is 0.204 e. The molecule has 21 heavy (non-hydrogen) atoms. The average molecular weight is 281 g/mol. The molecule has 0 amide bonds. The van der Waals surface area contributed by atoms with Gasteiger partial charge < -0.3 is 9.88 Å². The number of aromatic nitrogens is 2. The van der Waals surface area contributed by atoms with Crippen LogP contribution in [0.25, 0.3) is 11.0 Å². The molecule has 1 unspecified atom stereocenters. The maximum absolute atomic E-state index is 13.9. The Morgan fingerprint density at radius 3 is 2.95 bits per heavy atom. The number of aryl methyl sites for hydroxylation is 1. The van der Waals surface area contributed by atoms with E-state index in [9.17, 15) is 4.39 Å². The maximum Gasteiger partial charge on any atom is 0.204 e. The second-order valence-electron chi connectivity index (χ2n) is 5.53. The predicted molar refractivity (Wildman–Crippen MR) is 82.1 cm³/mol. The lowest BCUT2D eigenvalue weighted by Gasteiger charge is -2.27. The molecule has 1 aromatic heterocycles. The van der Waals surface area contributed by atoms with Gasteiger partial charge in [0.15, 0.2) is 0 Å². The first-order chi connectivity index (χ1) is 10.2. The molecule has 0 fully saturated rings. The minimum atomic E-state index is -0.142. The van der Waals surface area contributed by atoms with Crippen molar-refractivity contribution in [2.24, 2.45) is 0 Å². The summed E-state index contributed by atoms with van der Waals surface area (Å²) in [5.74, 6) is 0.727. The Kier molecular flexibility index (Phi) is 2.70. The van der Waals surface area contributed by atoms with Gasteiger partial charge in [0.2, 0.25) is 5.95 Å². The van der Waals surface area contributed by atoms with E-state index in [4.69, 9.17) is 0 Å². The van der Waals surface area contributed by atoms with Gasteiger partial charge in [-0.25, -0.2) is 9.37 Å². The zero-order chi connectivity index (χ0) is 14.4. The number of benzene rings is 2. The van der Waals surface area contributed by atoms with Crippen LogP contribution in [0.3, 0.4) is 0 Å². The van der Waals surface area contributed by atoms with Crippen molar-refractivity contribution in [1.82, 2.24) is 9.55 Å². The zero-order valence-electron chi connectivity index (χ0n) is 11.8. The summed E-state index contributed by atoms with van der Waals surface area (Å²) in [7, 11) is 0. The molecule has 0 saturated heterocycles. The summed E-state index contributed by atoms with van der Waals surface area (Å²) in [6.45, 7) is 2.64. The average Bonchev–Trinajstić information content (AvgIpc) is 2.88. The van der Waals surface area contributed by atoms with Crippen LogP contribution in [0.1, 0.15) is 23.6 Å². The van der Waals surface area contributed by atoms with Crippen LogP contribution in [0, 0.1) is 12.7 Å². The SMILES string of the molecule is Cc1ccc(C2CCNc3nc4ccccc4n32)cc1F. The van der Waals surface area contributed by atoms with Crippen LogP contribution in [-0.2, 0) is 0 Å². The second-order valence-corrected chi connectivity index (χ2v) is 5.53. The number of anilines is 1. The van der Waals surface area contributed by atoms with Gasteiger partial charge in [-0.3, -0.25) is 0 Å². The number of nitrogens with one attached hydrogen (secondary N) is 1. The van der Waals surface area contributed by atoms with Crippen molar-refractivity contribution in [3.05, 3.63) is 59.4 Å².